The SMILES string of the molecule is CCCNCC(O)CS(=O)c1cc(F)ccc1F. The van der Waals surface area contributed by atoms with E-state index >= 15 is 0 Å². The Hall–Kier alpha value is -0.850. The quantitative estimate of drug-likeness (QED) is 0.741. The summed E-state index contributed by atoms with van der Waals surface area (Å²) in [5.74, 6) is -1.47. The molecule has 0 amide bonds. The zero-order valence-electron chi connectivity index (χ0n) is 10.2. The molecule has 1 aromatic rings. The molecule has 0 saturated carbocycles. The van der Waals surface area contributed by atoms with E-state index in [1.807, 2.05) is 6.92 Å². The third-order valence-electron chi connectivity index (χ3n) is 2.29. The minimum Gasteiger partial charge on any atom is -0.391 e. The van der Waals surface area contributed by atoms with Crippen LogP contribution >= 0.6 is 0 Å². The molecule has 6 heteroatoms. The molecule has 0 aliphatic rings. The first-order valence-electron chi connectivity index (χ1n) is 5.76. The topological polar surface area (TPSA) is 49.3 Å². The fourth-order valence-corrected chi connectivity index (χ4v) is 2.60. The fraction of sp³-hybridized carbons (Fsp3) is 0.500. The van der Waals surface area contributed by atoms with Crippen molar-refractivity contribution in [3.63, 3.8) is 0 Å². The van der Waals surface area contributed by atoms with Crippen molar-refractivity contribution in [2.75, 3.05) is 18.8 Å². The Bertz CT molecular complexity index is 415. The van der Waals surface area contributed by atoms with Gasteiger partial charge >= 0.3 is 0 Å². The van der Waals surface area contributed by atoms with Crippen LogP contribution < -0.4 is 5.32 Å². The zero-order valence-corrected chi connectivity index (χ0v) is 11.0. The Balaban J connectivity index is 2.56. The van der Waals surface area contributed by atoms with E-state index < -0.39 is 28.5 Å². The van der Waals surface area contributed by atoms with Crippen LogP contribution in [0.15, 0.2) is 23.1 Å². The second-order valence-electron chi connectivity index (χ2n) is 3.94. The first kappa shape index (κ1) is 15.2. The van der Waals surface area contributed by atoms with Gasteiger partial charge in [0.05, 0.1) is 27.6 Å². The Morgan fingerprint density at radius 1 is 1.44 bits per heavy atom. The van der Waals surface area contributed by atoms with E-state index in [4.69, 9.17) is 0 Å². The highest BCUT2D eigenvalue weighted by atomic mass is 32.2. The van der Waals surface area contributed by atoms with Gasteiger partial charge in [0.1, 0.15) is 11.6 Å². The average Bonchev–Trinajstić information content (AvgIpc) is 2.32. The summed E-state index contributed by atoms with van der Waals surface area (Å²) >= 11 is 0. The van der Waals surface area contributed by atoms with Crippen molar-refractivity contribution in [2.45, 2.75) is 24.3 Å². The normalized spacial score (nSPS) is 14.4. The maximum Gasteiger partial charge on any atom is 0.139 e. The van der Waals surface area contributed by atoms with Crippen molar-refractivity contribution in [3.8, 4) is 0 Å². The van der Waals surface area contributed by atoms with Gasteiger partial charge in [0.15, 0.2) is 0 Å². The molecule has 2 N–H and O–H groups in total. The van der Waals surface area contributed by atoms with Crippen molar-refractivity contribution >= 4 is 10.8 Å². The summed E-state index contributed by atoms with van der Waals surface area (Å²) in [5, 5.41) is 12.6. The van der Waals surface area contributed by atoms with Gasteiger partial charge in [0, 0.05) is 6.54 Å². The van der Waals surface area contributed by atoms with Gasteiger partial charge in [-0.15, -0.1) is 0 Å². The van der Waals surface area contributed by atoms with Crippen molar-refractivity contribution in [3.05, 3.63) is 29.8 Å². The van der Waals surface area contributed by atoms with Crippen LogP contribution in [0.3, 0.4) is 0 Å². The Labute approximate surface area is 108 Å². The summed E-state index contributed by atoms with van der Waals surface area (Å²) in [7, 11) is -1.75. The number of halogens is 2. The van der Waals surface area contributed by atoms with Crippen LogP contribution in [0.25, 0.3) is 0 Å². The lowest BCUT2D eigenvalue weighted by Crippen LogP contribution is -2.31. The molecule has 0 fully saturated rings. The van der Waals surface area contributed by atoms with Gasteiger partial charge in [-0.2, -0.15) is 0 Å². The smallest absolute Gasteiger partial charge is 0.139 e. The predicted octanol–water partition coefficient (Wildman–Crippen LogP) is 1.43. The second kappa shape index (κ2) is 7.56. The molecule has 0 saturated heterocycles. The molecule has 1 aromatic carbocycles. The first-order chi connectivity index (χ1) is 8.54. The molecule has 3 nitrogen and oxygen atoms in total. The first-order valence-corrected chi connectivity index (χ1v) is 7.08. The summed E-state index contributed by atoms with van der Waals surface area (Å²) in [4.78, 5) is -0.204. The maximum absolute atomic E-state index is 13.3. The standard InChI is InChI=1S/C12H17F2NO2S/c1-2-5-15-7-10(16)8-18(17)12-6-9(13)3-4-11(12)14/h3-4,6,10,15-16H,2,5,7-8H2,1H3. The van der Waals surface area contributed by atoms with Gasteiger partial charge in [-0.1, -0.05) is 6.92 Å². The predicted molar refractivity (Wildman–Crippen MR) is 66.8 cm³/mol. The van der Waals surface area contributed by atoms with E-state index in [0.29, 0.717) is 0 Å². The van der Waals surface area contributed by atoms with Gasteiger partial charge in [0.2, 0.25) is 0 Å². The largest absolute Gasteiger partial charge is 0.391 e. The van der Waals surface area contributed by atoms with E-state index in [1.165, 1.54) is 0 Å². The maximum atomic E-state index is 13.3. The van der Waals surface area contributed by atoms with Crippen molar-refractivity contribution in [1.82, 2.24) is 5.32 Å². The molecule has 2 unspecified atom stereocenters. The molecule has 0 heterocycles. The molecule has 0 radical (unpaired) electrons. The summed E-state index contributed by atoms with van der Waals surface area (Å²) < 4.78 is 38.0. The van der Waals surface area contributed by atoms with Crippen LogP contribution in [-0.2, 0) is 10.8 Å². The monoisotopic (exact) mass is 277 g/mol. The van der Waals surface area contributed by atoms with Crippen LogP contribution in [0, 0.1) is 11.6 Å². The van der Waals surface area contributed by atoms with Gasteiger partial charge in [0.25, 0.3) is 0 Å². The average molecular weight is 277 g/mol. The highest BCUT2D eigenvalue weighted by Gasteiger charge is 2.15. The summed E-state index contributed by atoms with van der Waals surface area (Å²) in [6.07, 6.45) is 0.0778. The van der Waals surface area contributed by atoms with Crippen molar-refractivity contribution in [2.24, 2.45) is 0 Å². The lowest BCUT2D eigenvalue weighted by Gasteiger charge is -2.11. The Kier molecular flexibility index (Phi) is 6.38. The number of rotatable bonds is 7. The van der Waals surface area contributed by atoms with Crippen LogP contribution in [0.2, 0.25) is 0 Å². The fourth-order valence-electron chi connectivity index (χ4n) is 1.42. The van der Waals surface area contributed by atoms with Gasteiger partial charge in [-0.05, 0) is 31.2 Å². The Morgan fingerprint density at radius 2 is 2.17 bits per heavy atom. The molecule has 2 atom stereocenters. The molecule has 102 valence electrons. The third kappa shape index (κ3) is 4.80. The number of hydrogen-bond acceptors (Lipinski definition) is 3. The van der Waals surface area contributed by atoms with Gasteiger partial charge < -0.3 is 10.4 Å². The minimum atomic E-state index is -1.75. The van der Waals surface area contributed by atoms with Crippen molar-refractivity contribution < 1.29 is 18.1 Å². The zero-order chi connectivity index (χ0) is 13.5. The summed E-state index contributed by atoms with van der Waals surface area (Å²) in [5.41, 5.74) is 0. The van der Waals surface area contributed by atoms with Gasteiger partial charge in [-0.3, -0.25) is 4.21 Å². The molecule has 0 aliphatic carbocycles. The Morgan fingerprint density at radius 3 is 2.83 bits per heavy atom. The molecule has 0 bridgehead atoms. The molecular formula is C12H17F2NO2S. The number of aliphatic hydroxyl groups excluding tert-OH is 1. The van der Waals surface area contributed by atoms with Crippen LogP contribution in [0.4, 0.5) is 8.78 Å². The highest BCUT2D eigenvalue weighted by molar-refractivity contribution is 7.85. The molecule has 18 heavy (non-hydrogen) atoms. The minimum absolute atomic E-state index is 0.114. The molecule has 0 aromatic heterocycles. The third-order valence-corrected chi connectivity index (χ3v) is 3.78. The van der Waals surface area contributed by atoms with E-state index in [1.54, 1.807) is 0 Å². The number of hydrogen-bond donors (Lipinski definition) is 2. The van der Waals surface area contributed by atoms with E-state index in [-0.39, 0.29) is 17.2 Å². The number of benzene rings is 1. The molecule has 1 rings (SSSR count). The second-order valence-corrected chi connectivity index (χ2v) is 5.41. The lowest BCUT2D eigenvalue weighted by atomic mass is 10.3. The van der Waals surface area contributed by atoms with Crippen LogP contribution in [0.1, 0.15) is 13.3 Å². The highest BCUT2D eigenvalue weighted by Crippen LogP contribution is 2.14. The van der Waals surface area contributed by atoms with E-state index in [0.717, 1.165) is 31.2 Å². The summed E-state index contributed by atoms with van der Waals surface area (Å²) in [6.45, 7) is 3.02. The van der Waals surface area contributed by atoms with Gasteiger partial charge in [-0.25, -0.2) is 8.78 Å². The molecule has 0 aliphatic heterocycles. The molecule has 0 spiro atoms. The number of aliphatic hydroxyl groups is 1. The van der Waals surface area contributed by atoms with E-state index in [9.17, 15) is 18.1 Å². The van der Waals surface area contributed by atoms with Crippen LogP contribution in [0.5, 0.6) is 0 Å². The van der Waals surface area contributed by atoms with Crippen LogP contribution in [-0.4, -0.2) is 34.3 Å². The lowest BCUT2D eigenvalue weighted by molar-refractivity contribution is 0.195. The molecular weight excluding hydrogens is 260 g/mol. The van der Waals surface area contributed by atoms with E-state index in [2.05, 4.69) is 5.32 Å². The summed E-state index contributed by atoms with van der Waals surface area (Å²) in [6, 6.07) is 2.80. The van der Waals surface area contributed by atoms with Crippen molar-refractivity contribution in [1.29, 1.82) is 0 Å². The number of nitrogens with one attached hydrogen (secondary N) is 1.